The molecule has 0 spiro atoms. The van der Waals surface area contributed by atoms with Gasteiger partial charge in [0.15, 0.2) is 5.96 Å². The zero-order valence-electron chi connectivity index (χ0n) is 12.4. The summed E-state index contributed by atoms with van der Waals surface area (Å²) < 4.78 is 13.2. The second-order valence-corrected chi connectivity index (χ2v) is 6.05. The van der Waals surface area contributed by atoms with Crippen molar-refractivity contribution in [2.45, 2.75) is 26.9 Å². The smallest absolute Gasteiger partial charge is 0.191 e. The van der Waals surface area contributed by atoms with Crippen LogP contribution < -0.4 is 10.6 Å². The number of guanidine groups is 1. The summed E-state index contributed by atoms with van der Waals surface area (Å²) in [6.07, 6.45) is 1.86. The molecule has 0 bridgehead atoms. The van der Waals surface area contributed by atoms with Crippen molar-refractivity contribution in [1.82, 2.24) is 15.6 Å². The molecule has 0 aliphatic carbocycles. The highest BCUT2D eigenvalue weighted by molar-refractivity contribution is 7.11. The molecule has 0 saturated heterocycles. The molecule has 0 atom stereocenters. The van der Waals surface area contributed by atoms with Crippen molar-refractivity contribution in [1.29, 1.82) is 0 Å². The number of aromatic nitrogens is 1. The molecule has 0 unspecified atom stereocenters. The number of hydrogen-bond donors (Lipinski definition) is 2. The van der Waals surface area contributed by atoms with Gasteiger partial charge in [-0.05, 0) is 31.0 Å². The summed E-state index contributed by atoms with van der Waals surface area (Å²) in [7, 11) is 1.72. The van der Waals surface area contributed by atoms with Gasteiger partial charge in [0.1, 0.15) is 10.8 Å². The molecule has 4 nitrogen and oxygen atoms in total. The third-order valence-corrected chi connectivity index (χ3v) is 3.89. The second kappa shape index (κ2) is 7.17. The summed E-state index contributed by atoms with van der Waals surface area (Å²) in [5.74, 6) is 0.519. The lowest BCUT2D eigenvalue weighted by atomic mass is 10.1. The summed E-state index contributed by atoms with van der Waals surface area (Å²) >= 11 is 1.66. The Morgan fingerprint density at radius 2 is 2.05 bits per heavy atom. The molecule has 21 heavy (non-hydrogen) atoms. The van der Waals surface area contributed by atoms with Crippen molar-refractivity contribution >= 4 is 17.3 Å². The maximum Gasteiger partial charge on any atom is 0.191 e. The van der Waals surface area contributed by atoms with Crippen molar-refractivity contribution in [3.05, 3.63) is 51.2 Å². The molecule has 0 radical (unpaired) electrons. The van der Waals surface area contributed by atoms with Crippen LogP contribution in [0.15, 0.2) is 29.4 Å². The average Bonchev–Trinajstić information content (AvgIpc) is 2.88. The van der Waals surface area contributed by atoms with E-state index >= 15 is 0 Å². The molecule has 0 amide bonds. The molecule has 112 valence electrons. The summed E-state index contributed by atoms with van der Waals surface area (Å²) in [6.45, 7) is 5.03. The zero-order valence-corrected chi connectivity index (χ0v) is 13.2. The Kier molecular flexibility index (Phi) is 5.27. The van der Waals surface area contributed by atoms with Gasteiger partial charge in [0.25, 0.3) is 0 Å². The minimum absolute atomic E-state index is 0.180. The van der Waals surface area contributed by atoms with E-state index in [0.29, 0.717) is 24.6 Å². The van der Waals surface area contributed by atoms with E-state index in [0.717, 1.165) is 10.6 Å². The minimum atomic E-state index is -0.180. The highest BCUT2D eigenvalue weighted by atomic mass is 32.1. The van der Waals surface area contributed by atoms with Crippen LogP contribution in [0.1, 0.15) is 21.0 Å². The monoisotopic (exact) mass is 306 g/mol. The fourth-order valence-corrected chi connectivity index (χ4v) is 2.59. The first-order valence-corrected chi connectivity index (χ1v) is 7.51. The fourth-order valence-electron chi connectivity index (χ4n) is 1.87. The molecule has 0 aliphatic heterocycles. The van der Waals surface area contributed by atoms with Crippen LogP contribution >= 0.6 is 11.3 Å². The van der Waals surface area contributed by atoms with Crippen molar-refractivity contribution in [2.75, 3.05) is 7.05 Å². The highest BCUT2D eigenvalue weighted by Gasteiger charge is 2.03. The van der Waals surface area contributed by atoms with Crippen molar-refractivity contribution in [2.24, 2.45) is 4.99 Å². The van der Waals surface area contributed by atoms with Gasteiger partial charge >= 0.3 is 0 Å². The fraction of sp³-hybridized carbons (Fsp3) is 0.333. The van der Waals surface area contributed by atoms with Crippen molar-refractivity contribution < 1.29 is 4.39 Å². The number of halogens is 1. The Morgan fingerprint density at radius 3 is 2.67 bits per heavy atom. The number of nitrogens with zero attached hydrogens (tertiary/aromatic N) is 2. The Balaban J connectivity index is 1.86. The molecule has 0 saturated carbocycles. The van der Waals surface area contributed by atoms with Crippen LogP contribution in [0.25, 0.3) is 0 Å². The van der Waals surface area contributed by atoms with Gasteiger partial charge in [-0.2, -0.15) is 0 Å². The third kappa shape index (κ3) is 4.53. The van der Waals surface area contributed by atoms with Gasteiger partial charge in [0, 0.05) is 24.7 Å². The number of thiazole rings is 1. The normalized spacial score (nSPS) is 11.5. The Bertz CT molecular complexity index is 636. The molecule has 1 aromatic carbocycles. The maximum absolute atomic E-state index is 13.2. The topological polar surface area (TPSA) is 49.3 Å². The quantitative estimate of drug-likeness (QED) is 0.674. The van der Waals surface area contributed by atoms with Crippen LogP contribution in [0.3, 0.4) is 0 Å². The van der Waals surface area contributed by atoms with Crippen LogP contribution in [0, 0.1) is 19.7 Å². The van der Waals surface area contributed by atoms with E-state index in [-0.39, 0.29) is 5.82 Å². The predicted molar refractivity (Wildman–Crippen MR) is 85.0 cm³/mol. The summed E-state index contributed by atoms with van der Waals surface area (Å²) in [4.78, 5) is 9.65. The van der Waals surface area contributed by atoms with Gasteiger partial charge in [-0.25, -0.2) is 9.37 Å². The lowest BCUT2D eigenvalue weighted by Crippen LogP contribution is -2.36. The van der Waals surface area contributed by atoms with Crippen LogP contribution in [0.2, 0.25) is 0 Å². The van der Waals surface area contributed by atoms with E-state index in [1.165, 1.54) is 10.9 Å². The van der Waals surface area contributed by atoms with Crippen LogP contribution in [0.4, 0.5) is 4.39 Å². The summed E-state index contributed by atoms with van der Waals surface area (Å²) in [5.41, 5.74) is 1.66. The first-order valence-electron chi connectivity index (χ1n) is 6.69. The van der Waals surface area contributed by atoms with E-state index in [4.69, 9.17) is 0 Å². The van der Waals surface area contributed by atoms with E-state index in [9.17, 15) is 4.39 Å². The molecular formula is C15H19FN4S. The molecule has 2 rings (SSSR count). The van der Waals surface area contributed by atoms with Crippen LogP contribution in [0.5, 0.6) is 0 Å². The first kappa shape index (κ1) is 15.4. The molecular weight excluding hydrogens is 287 g/mol. The molecule has 1 heterocycles. The van der Waals surface area contributed by atoms with E-state index < -0.39 is 0 Å². The first-order chi connectivity index (χ1) is 10.1. The highest BCUT2D eigenvalue weighted by Crippen LogP contribution is 2.10. The van der Waals surface area contributed by atoms with Gasteiger partial charge in [0.05, 0.1) is 6.54 Å². The second-order valence-electron chi connectivity index (χ2n) is 4.73. The summed E-state index contributed by atoms with van der Waals surface area (Å²) in [6, 6.07) is 5.09. The Labute approximate surface area is 128 Å². The number of aliphatic imine (C=N–C) groups is 1. The number of hydrogen-bond acceptors (Lipinski definition) is 3. The average molecular weight is 306 g/mol. The lowest BCUT2D eigenvalue weighted by molar-refractivity contribution is 0.617. The Hall–Kier alpha value is -1.95. The SMILES string of the molecule is CN=C(NCc1ccc(F)c(C)c1)NCc1ncc(C)s1. The predicted octanol–water partition coefficient (Wildman–Crippen LogP) is 2.76. The largest absolute Gasteiger partial charge is 0.352 e. The Morgan fingerprint density at radius 1 is 1.29 bits per heavy atom. The zero-order chi connectivity index (χ0) is 15.2. The van der Waals surface area contributed by atoms with Crippen LogP contribution in [-0.2, 0) is 13.1 Å². The van der Waals surface area contributed by atoms with Gasteiger partial charge < -0.3 is 10.6 Å². The van der Waals surface area contributed by atoms with E-state index in [1.807, 2.05) is 19.2 Å². The van der Waals surface area contributed by atoms with Gasteiger partial charge in [-0.3, -0.25) is 4.99 Å². The number of nitrogens with one attached hydrogen (secondary N) is 2. The van der Waals surface area contributed by atoms with Crippen LogP contribution in [-0.4, -0.2) is 18.0 Å². The summed E-state index contributed by atoms with van der Waals surface area (Å²) in [5, 5.41) is 7.43. The minimum Gasteiger partial charge on any atom is -0.352 e. The van der Waals surface area contributed by atoms with E-state index in [2.05, 4.69) is 20.6 Å². The standard InChI is InChI=1S/C15H19FN4S/c1-10-6-12(4-5-13(10)16)8-19-15(17-3)20-9-14-18-7-11(2)21-14/h4-7H,8-9H2,1-3H3,(H2,17,19,20). The number of rotatable bonds is 4. The van der Waals surface area contributed by atoms with Gasteiger partial charge in [0.2, 0.25) is 0 Å². The molecule has 6 heteroatoms. The molecule has 2 N–H and O–H groups in total. The molecule has 0 fully saturated rings. The maximum atomic E-state index is 13.2. The van der Waals surface area contributed by atoms with Gasteiger partial charge in [-0.1, -0.05) is 12.1 Å². The van der Waals surface area contributed by atoms with Crippen molar-refractivity contribution in [3.8, 4) is 0 Å². The molecule has 1 aromatic heterocycles. The van der Waals surface area contributed by atoms with Crippen molar-refractivity contribution in [3.63, 3.8) is 0 Å². The molecule has 0 aliphatic rings. The van der Waals surface area contributed by atoms with E-state index in [1.54, 1.807) is 31.4 Å². The third-order valence-electron chi connectivity index (χ3n) is 2.98. The van der Waals surface area contributed by atoms with Gasteiger partial charge in [-0.15, -0.1) is 11.3 Å². The molecule has 2 aromatic rings. The lowest BCUT2D eigenvalue weighted by Gasteiger charge is -2.11. The number of aryl methyl sites for hydroxylation is 2. The number of benzene rings is 1.